The van der Waals surface area contributed by atoms with E-state index in [0.717, 1.165) is 5.69 Å². The van der Waals surface area contributed by atoms with Crippen LogP contribution in [0.15, 0.2) is 91.0 Å². The van der Waals surface area contributed by atoms with Crippen LogP contribution in [-0.4, -0.2) is 17.9 Å². The number of Topliss-reactive ketones (excluding diaryl/α,β-unsaturated/α-hetero) is 1. The second-order valence-corrected chi connectivity index (χ2v) is 5.51. The predicted octanol–water partition coefficient (Wildman–Crippen LogP) is 3.74. The van der Waals surface area contributed by atoms with Gasteiger partial charge < -0.3 is 10.6 Å². The summed E-state index contributed by atoms with van der Waals surface area (Å²) >= 11 is 0. The van der Waals surface area contributed by atoms with Crippen LogP contribution in [0.4, 0.5) is 5.69 Å². The minimum atomic E-state index is -0.863. The molecule has 0 fully saturated rings. The molecule has 0 aliphatic heterocycles. The van der Waals surface area contributed by atoms with E-state index in [0.29, 0.717) is 11.1 Å². The van der Waals surface area contributed by atoms with Gasteiger partial charge in [-0.2, -0.15) is 0 Å². The first-order chi connectivity index (χ1) is 12.2. The summed E-state index contributed by atoms with van der Waals surface area (Å²) in [6.07, 6.45) is -0.863. The summed E-state index contributed by atoms with van der Waals surface area (Å²) in [5.74, 6) is -0.507. The van der Waals surface area contributed by atoms with E-state index >= 15 is 0 Å². The van der Waals surface area contributed by atoms with Crippen molar-refractivity contribution in [2.75, 3.05) is 5.32 Å². The third kappa shape index (κ3) is 4.32. The summed E-state index contributed by atoms with van der Waals surface area (Å²) in [6.45, 7) is 0. The van der Waals surface area contributed by atoms with Crippen molar-refractivity contribution in [3.05, 3.63) is 102 Å². The van der Waals surface area contributed by atoms with Crippen LogP contribution in [0.3, 0.4) is 0 Å². The van der Waals surface area contributed by atoms with Crippen molar-refractivity contribution in [2.45, 2.75) is 6.17 Å². The zero-order valence-corrected chi connectivity index (χ0v) is 13.6. The fourth-order valence-corrected chi connectivity index (χ4v) is 2.44. The molecule has 25 heavy (non-hydrogen) atoms. The highest BCUT2D eigenvalue weighted by atomic mass is 16.2. The Morgan fingerprint density at radius 2 is 1.12 bits per heavy atom. The Bertz CT molecular complexity index is 834. The maximum Gasteiger partial charge on any atom is 0.253 e. The topological polar surface area (TPSA) is 58.2 Å². The van der Waals surface area contributed by atoms with Gasteiger partial charge in [0, 0.05) is 16.8 Å². The Balaban J connectivity index is 1.83. The molecule has 0 bridgehead atoms. The first-order valence-electron chi connectivity index (χ1n) is 8.01. The number of benzene rings is 3. The average Bonchev–Trinajstić information content (AvgIpc) is 2.69. The Hall–Kier alpha value is -3.40. The summed E-state index contributed by atoms with van der Waals surface area (Å²) in [5, 5.41) is 5.88. The summed E-state index contributed by atoms with van der Waals surface area (Å²) < 4.78 is 0. The van der Waals surface area contributed by atoms with Crippen LogP contribution >= 0.6 is 0 Å². The number of para-hydroxylation sites is 1. The number of rotatable bonds is 6. The molecule has 1 atom stereocenters. The van der Waals surface area contributed by atoms with Crippen LogP contribution < -0.4 is 10.6 Å². The van der Waals surface area contributed by atoms with Crippen molar-refractivity contribution in [1.82, 2.24) is 5.32 Å². The zero-order valence-electron chi connectivity index (χ0n) is 13.6. The van der Waals surface area contributed by atoms with Gasteiger partial charge in [0.25, 0.3) is 5.91 Å². The van der Waals surface area contributed by atoms with Crippen molar-refractivity contribution in [3.63, 3.8) is 0 Å². The lowest BCUT2D eigenvalue weighted by Crippen LogP contribution is -2.46. The molecule has 4 heteroatoms. The Morgan fingerprint density at radius 1 is 0.640 bits per heavy atom. The van der Waals surface area contributed by atoms with E-state index in [1.807, 2.05) is 42.5 Å². The van der Waals surface area contributed by atoms with Crippen molar-refractivity contribution in [3.8, 4) is 0 Å². The first kappa shape index (κ1) is 16.5. The van der Waals surface area contributed by atoms with Gasteiger partial charge in [-0.05, 0) is 24.3 Å². The molecule has 124 valence electrons. The maximum atomic E-state index is 12.8. The van der Waals surface area contributed by atoms with Crippen LogP contribution in [0.25, 0.3) is 0 Å². The molecule has 0 aliphatic rings. The lowest BCUT2D eigenvalue weighted by Gasteiger charge is -2.20. The average molecular weight is 330 g/mol. The Labute approximate surface area is 146 Å². The lowest BCUT2D eigenvalue weighted by molar-refractivity contribution is 0.0869. The largest absolute Gasteiger partial charge is 0.359 e. The molecule has 3 aromatic carbocycles. The molecule has 0 radical (unpaired) electrons. The molecule has 1 amide bonds. The van der Waals surface area contributed by atoms with Crippen molar-refractivity contribution in [2.24, 2.45) is 0 Å². The fourth-order valence-electron chi connectivity index (χ4n) is 2.44. The molecule has 0 spiro atoms. The normalized spacial score (nSPS) is 11.4. The molecule has 2 N–H and O–H groups in total. The van der Waals surface area contributed by atoms with Gasteiger partial charge in [0.15, 0.2) is 6.17 Å². The Kier molecular flexibility index (Phi) is 5.22. The van der Waals surface area contributed by atoms with Crippen molar-refractivity contribution < 1.29 is 9.59 Å². The molecule has 0 aliphatic carbocycles. The Morgan fingerprint density at radius 3 is 1.68 bits per heavy atom. The van der Waals surface area contributed by atoms with E-state index in [2.05, 4.69) is 10.6 Å². The van der Waals surface area contributed by atoms with E-state index in [1.165, 1.54) is 0 Å². The van der Waals surface area contributed by atoms with Gasteiger partial charge in [-0.25, -0.2) is 0 Å². The number of hydrogen-bond acceptors (Lipinski definition) is 3. The third-order valence-electron chi connectivity index (χ3n) is 3.72. The monoisotopic (exact) mass is 330 g/mol. The third-order valence-corrected chi connectivity index (χ3v) is 3.72. The quantitative estimate of drug-likeness (QED) is 0.535. The predicted molar refractivity (Wildman–Crippen MR) is 98.5 cm³/mol. The van der Waals surface area contributed by atoms with E-state index in [9.17, 15) is 9.59 Å². The van der Waals surface area contributed by atoms with Crippen molar-refractivity contribution in [1.29, 1.82) is 0 Å². The lowest BCUT2D eigenvalue weighted by atomic mass is 10.1. The number of anilines is 1. The molecule has 4 nitrogen and oxygen atoms in total. The maximum absolute atomic E-state index is 12.8. The molecular weight excluding hydrogens is 312 g/mol. The van der Waals surface area contributed by atoms with Gasteiger partial charge in [0.05, 0.1) is 0 Å². The number of amides is 1. The van der Waals surface area contributed by atoms with Crippen LogP contribution in [-0.2, 0) is 0 Å². The smallest absolute Gasteiger partial charge is 0.253 e. The van der Waals surface area contributed by atoms with Crippen LogP contribution in [0.2, 0.25) is 0 Å². The van der Waals surface area contributed by atoms with Crippen LogP contribution in [0.1, 0.15) is 20.7 Å². The van der Waals surface area contributed by atoms with Crippen LogP contribution in [0, 0.1) is 0 Å². The molecule has 0 aromatic heterocycles. The summed E-state index contributed by atoms with van der Waals surface area (Å²) in [6, 6.07) is 27.1. The zero-order chi connectivity index (χ0) is 17.5. The van der Waals surface area contributed by atoms with E-state index in [4.69, 9.17) is 0 Å². The highest BCUT2D eigenvalue weighted by Gasteiger charge is 2.22. The minimum Gasteiger partial charge on any atom is -0.359 e. The number of nitrogens with one attached hydrogen (secondary N) is 2. The molecule has 0 heterocycles. The standard InChI is InChI=1S/C21H18N2O2/c24-19(16-10-4-1-5-11-16)20(22-18-14-8-3-9-15-18)23-21(25)17-12-6-2-7-13-17/h1-15,20,22H,(H,23,25)/t20-/m0/s1. The number of carbonyl (C=O) groups excluding carboxylic acids is 2. The first-order valence-corrected chi connectivity index (χ1v) is 8.01. The number of ketones is 1. The molecule has 0 saturated heterocycles. The number of carbonyl (C=O) groups is 2. The SMILES string of the molecule is O=C(N[C@H](Nc1ccccc1)C(=O)c1ccccc1)c1ccccc1. The van der Waals surface area contributed by atoms with E-state index < -0.39 is 6.17 Å². The number of hydrogen-bond donors (Lipinski definition) is 2. The van der Waals surface area contributed by atoms with Gasteiger partial charge >= 0.3 is 0 Å². The van der Waals surface area contributed by atoms with Gasteiger partial charge in [0.2, 0.25) is 5.78 Å². The van der Waals surface area contributed by atoms with Gasteiger partial charge in [0.1, 0.15) is 0 Å². The highest BCUT2D eigenvalue weighted by molar-refractivity contribution is 6.05. The summed E-state index contributed by atoms with van der Waals surface area (Å²) in [7, 11) is 0. The second-order valence-electron chi connectivity index (χ2n) is 5.51. The molecule has 3 aromatic rings. The van der Waals surface area contributed by atoms with E-state index in [1.54, 1.807) is 48.5 Å². The minimum absolute atomic E-state index is 0.200. The highest BCUT2D eigenvalue weighted by Crippen LogP contribution is 2.11. The second kappa shape index (κ2) is 7.93. The molecule has 0 unspecified atom stereocenters. The fraction of sp³-hybridized carbons (Fsp3) is 0.0476. The van der Waals surface area contributed by atoms with Crippen molar-refractivity contribution >= 4 is 17.4 Å². The van der Waals surface area contributed by atoms with Gasteiger partial charge in [-0.15, -0.1) is 0 Å². The molecular formula is C21H18N2O2. The van der Waals surface area contributed by atoms with Gasteiger partial charge in [-0.1, -0.05) is 66.7 Å². The molecule has 3 rings (SSSR count). The van der Waals surface area contributed by atoms with Gasteiger partial charge in [-0.3, -0.25) is 9.59 Å². The van der Waals surface area contributed by atoms with Crippen LogP contribution in [0.5, 0.6) is 0 Å². The molecule has 0 saturated carbocycles. The summed E-state index contributed by atoms with van der Waals surface area (Å²) in [5.41, 5.74) is 1.79. The van der Waals surface area contributed by atoms with E-state index in [-0.39, 0.29) is 11.7 Å². The summed E-state index contributed by atoms with van der Waals surface area (Å²) in [4.78, 5) is 25.3.